The molecule has 0 fully saturated rings. The first-order valence-corrected chi connectivity index (χ1v) is 6.65. The molecular weight excluding hydrogens is 316 g/mol. The van der Waals surface area contributed by atoms with Crippen LogP contribution in [-0.4, -0.2) is 18.5 Å². The van der Waals surface area contributed by atoms with Gasteiger partial charge in [0.15, 0.2) is 0 Å². The molecule has 3 nitrogen and oxygen atoms in total. The smallest absolute Gasteiger partial charge is 0.220 e. The SMILES string of the molecule is CC(Cc1ccccc1Br)NC(=O)CCCN.Cl. The zero-order valence-electron chi connectivity index (χ0n) is 10.5. The number of carbonyl (C=O) groups is 1. The molecule has 0 saturated heterocycles. The van der Waals surface area contributed by atoms with Gasteiger partial charge in [-0.3, -0.25) is 4.79 Å². The zero-order chi connectivity index (χ0) is 12.7. The lowest BCUT2D eigenvalue weighted by atomic mass is 10.1. The zero-order valence-corrected chi connectivity index (χ0v) is 12.9. The molecule has 18 heavy (non-hydrogen) atoms. The van der Waals surface area contributed by atoms with Crippen molar-refractivity contribution in [3.05, 3.63) is 34.3 Å². The van der Waals surface area contributed by atoms with E-state index in [1.165, 1.54) is 5.56 Å². The molecule has 0 saturated carbocycles. The summed E-state index contributed by atoms with van der Waals surface area (Å²) in [6.45, 7) is 2.58. The highest BCUT2D eigenvalue weighted by Gasteiger charge is 2.09. The lowest BCUT2D eigenvalue weighted by Gasteiger charge is -2.14. The van der Waals surface area contributed by atoms with Gasteiger partial charge in [-0.2, -0.15) is 0 Å². The van der Waals surface area contributed by atoms with Gasteiger partial charge in [0.1, 0.15) is 0 Å². The van der Waals surface area contributed by atoms with Crippen LogP contribution in [0.3, 0.4) is 0 Å². The fourth-order valence-electron chi connectivity index (χ4n) is 1.65. The van der Waals surface area contributed by atoms with Crippen molar-refractivity contribution in [1.82, 2.24) is 5.32 Å². The van der Waals surface area contributed by atoms with Crippen LogP contribution >= 0.6 is 28.3 Å². The molecule has 3 N–H and O–H groups in total. The Balaban J connectivity index is 0.00000289. The maximum Gasteiger partial charge on any atom is 0.220 e. The minimum atomic E-state index is 0. The van der Waals surface area contributed by atoms with Crippen LogP contribution in [0.25, 0.3) is 0 Å². The molecule has 1 amide bonds. The van der Waals surface area contributed by atoms with E-state index in [2.05, 4.69) is 27.3 Å². The Hall–Kier alpha value is -0.580. The van der Waals surface area contributed by atoms with Gasteiger partial charge in [0.05, 0.1) is 0 Å². The Kier molecular flexibility index (Phi) is 9.06. The Labute approximate surface area is 123 Å². The highest BCUT2D eigenvalue weighted by atomic mass is 79.9. The molecular formula is C13H20BrClN2O. The van der Waals surface area contributed by atoms with Crippen LogP contribution in [0.15, 0.2) is 28.7 Å². The fraction of sp³-hybridized carbons (Fsp3) is 0.462. The number of hydrogen-bond donors (Lipinski definition) is 2. The van der Waals surface area contributed by atoms with Crippen LogP contribution in [-0.2, 0) is 11.2 Å². The van der Waals surface area contributed by atoms with Gasteiger partial charge in [-0.25, -0.2) is 0 Å². The third kappa shape index (κ3) is 6.38. The summed E-state index contributed by atoms with van der Waals surface area (Å²) in [6.07, 6.45) is 2.08. The van der Waals surface area contributed by atoms with Crippen LogP contribution < -0.4 is 11.1 Å². The number of benzene rings is 1. The molecule has 1 aromatic rings. The third-order valence-corrected chi connectivity index (χ3v) is 3.27. The second kappa shape index (κ2) is 9.36. The number of carbonyl (C=O) groups excluding carboxylic acids is 1. The second-order valence-corrected chi connectivity index (χ2v) is 5.01. The van der Waals surface area contributed by atoms with Crippen LogP contribution in [0.1, 0.15) is 25.3 Å². The molecule has 1 rings (SSSR count). The number of amides is 1. The number of nitrogens with two attached hydrogens (primary N) is 1. The van der Waals surface area contributed by atoms with Crippen molar-refractivity contribution in [3.63, 3.8) is 0 Å². The van der Waals surface area contributed by atoms with Gasteiger partial charge in [0, 0.05) is 16.9 Å². The lowest BCUT2D eigenvalue weighted by molar-refractivity contribution is -0.121. The average molecular weight is 336 g/mol. The van der Waals surface area contributed by atoms with Gasteiger partial charge in [-0.1, -0.05) is 34.1 Å². The largest absolute Gasteiger partial charge is 0.353 e. The van der Waals surface area contributed by atoms with Gasteiger partial charge < -0.3 is 11.1 Å². The predicted molar refractivity (Wildman–Crippen MR) is 81.0 cm³/mol. The lowest BCUT2D eigenvalue weighted by Crippen LogP contribution is -2.34. The molecule has 1 unspecified atom stereocenters. The summed E-state index contributed by atoms with van der Waals surface area (Å²) in [5.41, 5.74) is 6.57. The summed E-state index contributed by atoms with van der Waals surface area (Å²) in [6, 6.07) is 8.20. The molecule has 0 radical (unpaired) electrons. The predicted octanol–water partition coefficient (Wildman–Crippen LogP) is 2.66. The van der Waals surface area contributed by atoms with Crippen molar-refractivity contribution in [3.8, 4) is 0 Å². The van der Waals surface area contributed by atoms with Crippen molar-refractivity contribution in [2.75, 3.05) is 6.54 Å². The van der Waals surface area contributed by atoms with Crippen LogP contribution in [0.4, 0.5) is 0 Å². The molecule has 102 valence electrons. The molecule has 0 aromatic heterocycles. The summed E-state index contributed by atoms with van der Waals surface area (Å²) in [5, 5.41) is 2.98. The molecule has 0 aliphatic rings. The monoisotopic (exact) mass is 334 g/mol. The summed E-state index contributed by atoms with van der Waals surface area (Å²) in [5.74, 6) is 0.0787. The molecule has 0 aliphatic heterocycles. The molecule has 0 spiro atoms. The molecule has 1 atom stereocenters. The molecule has 1 aromatic carbocycles. The molecule has 0 bridgehead atoms. The topological polar surface area (TPSA) is 55.1 Å². The summed E-state index contributed by atoms with van der Waals surface area (Å²) in [4.78, 5) is 11.5. The van der Waals surface area contributed by atoms with Gasteiger partial charge in [-0.15, -0.1) is 12.4 Å². The fourth-order valence-corrected chi connectivity index (χ4v) is 2.10. The van der Waals surface area contributed by atoms with Crippen molar-refractivity contribution >= 4 is 34.2 Å². The summed E-state index contributed by atoms with van der Waals surface area (Å²) >= 11 is 3.50. The Bertz CT molecular complexity index is 374. The van der Waals surface area contributed by atoms with Crippen LogP contribution in [0, 0.1) is 0 Å². The number of rotatable bonds is 6. The van der Waals surface area contributed by atoms with Crippen molar-refractivity contribution in [2.45, 2.75) is 32.2 Å². The van der Waals surface area contributed by atoms with Gasteiger partial charge in [0.25, 0.3) is 0 Å². The van der Waals surface area contributed by atoms with E-state index in [-0.39, 0.29) is 24.4 Å². The van der Waals surface area contributed by atoms with Gasteiger partial charge in [0.2, 0.25) is 5.91 Å². The van der Waals surface area contributed by atoms with E-state index in [4.69, 9.17) is 5.73 Å². The van der Waals surface area contributed by atoms with Crippen LogP contribution in [0.2, 0.25) is 0 Å². The van der Waals surface area contributed by atoms with E-state index < -0.39 is 0 Å². The van der Waals surface area contributed by atoms with Gasteiger partial charge in [-0.05, 0) is 37.9 Å². The standard InChI is InChI=1S/C13H19BrN2O.ClH/c1-10(16-13(17)7-4-8-15)9-11-5-2-3-6-12(11)14;/h2-3,5-6,10H,4,7-9,15H2,1H3,(H,16,17);1H. The normalized spacial score (nSPS) is 11.5. The Morgan fingerprint density at radius 1 is 1.44 bits per heavy atom. The number of hydrogen-bond acceptors (Lipinski definition) is 2. The molecule has 0 heterocycles. The minimum absolute atomic E-state index is 0. The summed E-state index contributed by atoms with van der Waals surface area (Å²) < 4.78 is 1.09. The third-order valence-electron chi connectivity index (χ3n) is 2.50. The Morgan fingerprint density at radius 2 is 2.11 bits per heavy atom. The second-order valence-electron chi connectivity index (χ2n) is 4.16. The van der Waals surface area contributed by atoms with Gasteiger partial charge >= 0.3 is 0 Å². The quantitative estimate of drug-likeness (QED) is 0.840. The molecule has 0 aliphatic carbocycles. The Morgan fingerprint density at radius 3 is 2.72 bits per heavy atom. The van der Waals surface area contributed by atoms with E-state index in [9.17, 15) is 4.79 Å². The van der Waals surface area contributed by atoms with E-state index in [0.29, 0.717) is 13.0 Å². The van der Waals surface area contributed by atoms with E-state index in [0.717, 1.165) is 17.3 Å². The minimum Gasteiger partial charge on any atom is -0.353 e. The van der Waals surface area contributed by atoms with E-state index in [1.54, 1.807) is 0 Å². The maximum atomic E-state index is 11.5. The first kappa shape index (κ1) is 17.4. The van der Waals surface area contributed by atoms with Crippen molar-refractivity contribution < 1.29 is 4.79 Å². The van der Waals surface area contributed by atoms with E-state index >= 15 is 0 Å². The summed E-state index contributed by atoms with van der Waals surface area (Å²) in [7, 11) is 0. The van der Waals surface area contributed by atoms with Crippen molar-refractivity contribution in [2.24, 2.45) is 5.73 Å². The average Bonchev–Trinajstić information content (AvgIpc) is 2.29. The highest BCUT2D eigenvalue weighted by Crippen LogP contribution is 2.17. The first-order valence-electron chi connectivity index (χ1n) is 5.86. The van der Waals surface area contributed by atoms with Crippen LogP contribution in [0.5, 0.6) is 0 Å². The number of nitrogens with one attached hydrogen (secondary N) is 1. The maximum absolute atomic E-state index is 11.5. The van der Waals surface area contributed by atoms with E-state index in [1.807, 2.05) is 25.1 Å². The first-order chi connectivity index (χ1) is 8.13. The molecule has 5 heteroatoms. The van der Waals surface area contributed by atoms with Crippen molar-refractivity contribution in [1.29, 1.82) is 0 Å². The highest BCUT2D eigenvalue weighted by molar-refractivity contribution is 9.10. The number of halogens is 2.